The van der Waals surface area contributed by atoms with E-state index in [0.29, 0.717) is 0 Å². The molecule has 1 nitrogen and oxygen atoms in total. The molecule has 0 unspecified atom stereocenters. The van der Waals surface area contributed by atoms with Gasteiger partial charge in [-0.3, -0.25) is 0 Å². The van der Waals surface area contributed by atoms with Crippen molar-refractivity contribution in [2.45, 2.75) is 0 Å². The number of methoxy groups -OCH3 is 1. The lowest BCUT2D eigenvalue weighted by molar-refractivity contribution is 0.415. The largest absolute Gasteiger partial charge is 0.497 e. The van der Waals surface area contributed by atoms with E-state index in [0.717, 1.165) is 11.5 Å². The second-order valence-electron chi connectivity index (χ2n) is 3.49. The number of allylic oxidation sites excluding steroid dienone is 3. The third-order valence-electron chi connectivity index (χ3n) is 2.34. The van der Waals surface area contributed by atoms with Crippen molar-refractivity contribution in [2.24, 2.45) is 0 Å². The van der Waals surface area contributed by atoms with Crippen molar-refractivity contribution in [3.05, 3.63) is 59.0 Å². The van der Waals surface area contributed by atoms with E-state index in [9.17, 15) is 0 Å². The molecule has 1 aliphatic heterocycles. The third-order valence-corrected chi connectivity index (χ3v) is 3.19. The monoisotopic (exact) mass is 230 g/mol. The molecule has 1 aromatic rings. The van der Waals surface area contributed by atoms with Crippen LogP contribution in [0.3, 0.4) is 0 Å². The number of benzene rings is 1. The van der Waals surface area contributed by atoms with E-state index in [-0.39, 0.29) is 0 Å². The van der Waals surface area contributed by atoms with Crippen LogP contribution in [-0.4, -0.2) is 12.9 Å². The van der Waals surface area contributed by atoms with Crippen LogP contribution in [-0.2, 0) is 0 Å². The van der Waals surface area contributed by atoms with Crippen molar-refractivity contribution >= 4 is 17.8 Å². The van der Waals surface area contributed by atoms with E-state index in [1.807, 2.05) is 23.9 Å². The molecule has 1 heterocycles. The molecule has 0 aliphatic carbocycles. The standard InChI is InChI=1S/C14H14OS/c1-15-14-8-6-12(7-9-14)4-5-13-3-2-10-16-11-13/h2-10H,11H2,1H3/b5-4-. The van der Waals surface area contributed by atoms with Gasteiger partial charge in [-0.25, -0.2) is 0 Å². The highest BCUT2D eigenvalue weighted by Crippen LogP contribution is 2.18. The average Bonchev–Trinajstić information content (AvgIpc) is 2.38. The maximum atomic E-state index is 5.12. The van der Waals surface area contributed by atoms with Gasteiger partial charge in [-0.15, -0.1) is 11.8 Å². The summed E-state index contributed by atoms with van der Waals surface area (Å²) >= 11 is 1.82. The minimum Gasteiger partial charge on any atom is -0.497 e. The molecule has 0 saturated carbocycles. The summed E-state index contributed by atoms with van der Waals surface area (Å²) in [6.07, 6.45) is 8.53. The molecule has 0 saturated heterocycles. The highest BCUT2D eigenvalue weighted by molar-refractivity contribution is 8.02. The minimum absolute atomic E-state index is 0.896. The molecule has 0 aromatic heterocycles. The number of ether oxygens (including phenoxy) is 1. The van der Waals surface area contributed by atoms with Gasteiger partial charge in [0.2, 0.25) is 0 Å². The van der Waals surface area contributed by atoms with Crippen molar-refractivity contribution in [3.63, 3.8) is 0 Å². The van der Waals surface area contributed by atoms with Gasteiger partial charge in [-0.1, -0.05) is 36.4 Å². The van der Waals surface area contributed by atoms with Crippen LogP contribution >= 0.6 is 11.8 Å². The fraction of sp³-hybridized carbons (Fsp3) is 0.143. The number of rotatable bonds is 3. The van der Waals surface area contributed by atoms with Crippen molar-refractivity contribution in [1.82, 2.24) is 0 Å². The zero-order chi connectivity index (χ0) is 11.2. The Hall–Kier alpha value is -1.41. The van der Waals surface area contributed by atoms with Gasteiger partial charge in [-0.05, 0) is 28.7 Å². The average molecular weight is 230 g/mol. The first-order valence-electron chi connectivity index (χ1n) is 5.18. The molecule has 0 atom stereocenters. The summed E-state index contributed by atoms with van der Waals surface area (Å²) in [6, 6.07) is 8.07. The Bertz CT molecular complexity index is 427. The molecule has 1 aromatic carbocycles. The SMILES string of the molecule is COc1ccc(/C=C\C2=CC=CSC2)cc1. The second kappa shape index (κ2) is 5.61. The first kappa shape index (κ1) is 11.1. The normalized spacial score (nSPS) is 15.2. The molecule has 0 bridgehead atoms. The fourth-order valence-electron chi connectivity index (χ4n) is 1.43. The van der Waals surface area contributed by atoms with E-state index in [2.05, 4.69) is 41.8 Å². The molecule has 0 fully saturated rings. The van der Waals surface area contributed by atoms with Crippen molar-refractivity contribution in [1.29, 1.82) is 0 Å². The Morgan fingerprint density at radius 2 is 2.00 bits per heavy atom. The molecule has 0 spiro atoms. The van der Waals surface area contributed by atoms with Crippen LogP contribution in [0.4, 0.5) is 0 Å². The molecule has 0 N–H and O–H groups in total. The molecule has 2 rings (SSSR count). The lowest BCUT2D eigenvalue weighted by atomic mass is 10.1. The van der Waals surface area contributed by atoms with Crippen LogP contribution in [0.5, 0.6) is 5.75 Å². The Labute approximate surface area is 101 Å². The highest BCUT2D eigenvalue weighted by Gasteiger charge is 1.95. The van der Waals surface area contributed by atoms with Crippen LogP contribution < -0.4 is 4.74 Å². The predicted molar refractivity (Wildman–Crippen MR) is 71.7 cm³/mol. The van der Waals surface area contributed by atoms with Gasteiger partial charge in [0.1, 0.15) is 5.75 Å². The van der Waals surface area contributed by atoms with Crippen LogP contribution in [0.15, 0.2) is 53.5 Å². The lowest BCUT2D eigenvalue weighted by Gasteiger charge is -2.03. The van der Waals surface area contributed by atoms with Gasteiger partial charge in [0.05, 0.1) is 7.11 Å². The number of thioether (sulfide) groups is 1. The zero-order valence-corrected chi connectivity index (χ0v) is 10.0. The van der Waals surface area contributed by atoms with Gasteiger partial charge in [0.25, 0.3) is 0 Å². The summed E-state index contributed by atoms with van der Waals surface area (Å²) in [4.78, 5) is 0. The van der Waals surface area contributed by atoms with Crippen LogP contribution in [0.1, 0.15) is 5.56 Å². The first-order valence-corrected chi connectivity index (χ1v) is 6.23. The summed E-state index contributed by atoms with van der Waals surface area (Å²) in [5.41, 5.74) is 2.55. The van der Waals surface area contributed by atoms with Gasteiger partial charge in [0, 0.05) is 5.75 Å². The van der Waals surface area contributed by atoms with Crippen molar-refractivity contribution in [2.75, 3.05) is 12.9 Å². The summed E-state index contributed by atoms with van der Waals surface area (Å²) < 4.78 is 5.12. The molecule has 0 radical (unpaired) electrons. The first-order chi connectivity index (χ1) is 7.88. The van der Waals surface area contributed by atoms with E-state index >= 15 is 0 Å². The topological polar surface area (TPSA) is 9.23 Å². The quantitative estimate of drug-likeness (QED) is 0.779. The second-order valence-corrected chi connectivity index (χ2v) is 4.38. The zero-order valence-electron chi connectivity index (χ0n) is 9.22. The maximum absolute atomic E-state index is 5.12. The van der Waals surface area contributed by atoms with E-state index < -0.39 is 0 Å². The highest BCUT2D eigenvalue weighted by atomic mass is 32.2. The maximum Gasteiger partial charge on any atom is 0.118 e. The fourth-order valence-corrected chi connectivity index (χ4v) is 2.10. The molecule has 82 valence electrons. The van der Waals surface area contributed by atoms with Crippen LogP contribution in [0.25, 0.3) is 6.08 Å². The summed E-state index contributed by atoms with van der Waals surface area (Å²) in [5.74, 6) is 1.95. The summed E-state index contributed by atoms with van der Waals surface area (Å²) in [6.45, 7) is 0. The van der Waals surface area contributed by atoms with Gasteiger partial charge < -0.3 is 4.74 Å². The Kier molecular flexibility index (Phi) is 3.89. The Morgan fingerprint density at radius 3 is 2.62 bits per heavy atom. The smallest absolute Gasteiger partial charge is 0.118 e. The molecule has 16 heavy (non-hydrogen) atoms. The lowest BCUT2D eigenvalue weighted by Crippen LogP contribution is -1.85. The molecule has 2 heteroatoms. The van der Waals surface area contributed by atoms with Gasteiger partial charge in [-0.2, -0.15) is 0 Å². The van der Waals surface area contributed by atoms with Gasteiger partial charge in [0.15, 0.2) is 0 Å². The molecular weight excluding hydrogens is 216 g/mol. The van der Waals surface area contributed by atoms with Gasteiger partial charge >= 0.3 is 0 Å². The minimum atomic E-state index is 0.896. The van der Waals surface area contributed by atoms with E-state index in [1.165, 1.54) is 11.1 Å². The number of hydrogen-bond donors (Lipinski definition) is 0. The molecule has 0 amide bonds. The Balaban J connectivity index is 2.05. The molecule has 1 aliphatic rings. The predicted octanol–water partition coefficient (Wildman–Crippen LogP) is 3.90. The van der Waals surface area contributed by atoms with Crippen LogP contribution in [0, 0.1) is 0 Å². The number of hydrogen-bond acceptors (Lipinski definition) is 2. The molecular formula is C14H14OS. The van der Waals surface area contributed by atoms with Crippen molar-refractivity contribution < 1.29 is 4.74 Å². The summed E-state index contributed by atoms with van der Waals surface area (Å²) in [7, 11) is 1.68. The third kappa shape index (κ3) is 3.04. The van der Waals surface area contributed by atoms with Crippen molar-refractivity contribution in [3.8, 4) is 5.75 Å². The van der Waals surface area contributed by atoms with E-state index in [4.69, 9.17) is 4.74 Å². The van der Waals surface area contributed by atoms with Crippen LogP contribution in [0.2, 0.25) is 0 Å². The summed E-state index contributed by atoms with van der Waals surface area (Å²) in [5, 5.41) is 2.12. The van der Waals surface area contributed by atoms with E-state index in [1.54, 1.807) is 7.11 Å². The Morgan fingerprint density at radius 1 is 1.19 bits per heavy atom.